The second-order valence-electron chi connectivity index (χ2n) is 4.23. The van der Waals surface area contributed by atoms with Crippen LogP contribution in [0.3, 0.4) is 0 Å². The van der Waals surface area contributed by atoms with Crippen molar-refractivity contribution in [2.45, 2.75) is 23.1 Å². The summed E-state index contributed by atoms with van der Waals surface area (Å²) in [5, 5.41) is 0. The molecule has 4 nitrogen and oxygen atoms in total. The van der Waals surface area contributed by atoms with Crippen LogP contribution in [0.5, 0.6) is 5.75 Å². The number of halogens is 3. The lowest BCUT2D eigenvalue weighted by atomic mass is 10.3. The normalized spacial score (nSPS) is 12.2. The Labute approximate surface area is 134 Å². The van der Waals surface area contributed by atoms with Crippen LogP contribution in [0.4, 0.5) is 5.69 Å². The number of sulfonamides is 1. The van der Waals surface area contributed by atoms with Gasteiger partial charge in [-0.3, -0.25) is 4.72 Å². The van der Waals surface area contributed by atoms with Gasteiger partial charge in [0.05, 0.1) is 18.6 Å². The van der Waals surface area contributed by atoms with Gasteiger partial charge in [-0.15, -0.1) is 0 Å². The van der Waals surface area contributed by atoms with Crippen LogP contribution >= 0.6 is 34.8 Å². The van der Waals surface area contributed by atoms with E-state index in [1.165, 1.54) is 7.11 Å². The molecular formula is C12H16Cl3NO3S. The number of nitrogens with one attached hydrogen (secondary N) is 1. The third kappa shape index (κ3) is 7.43. The molecule has 1 N–H and O–H groups in total. The molecule has 20 heavy (non-hydrogen) atoms. The summed E-state index contributed by atoms with van der Waals surface area (Å²) in [5.74, 6) is 0.562. The Balaban J connectivity index is 2.49. The maximum Gasteiger partial charge on any atom is 0.232 e. The minimum absolute atomic E-state index is 0.0229. The highest BCUT2D eigenvalue weighted by Gasteiger charge is 2.19. The predicted octanol–water partition coefficient (Wildman–Crippen LogP) is 3.98. The smallest absolute Gasteiger partial charge is 0.232 e. The standard InChI is InChI=1S/C12H16Cl3NO3S/c1-19-11-6-4-5-10(9-11)16-20(17,18)8-3-2-7-12(13,14)15/h4-6,9,16H,2-3,7-8H2,1H3. The van der Waals surface area contributed by atoms with Crippen molar-refractivity contribution in [2.24, 2.45) is 0 Å². The molecule has 0 aliphatic heterocycles. The first-order valence-corrected chi connectivity index (χ1v) is 8.72. The van der Waals surface area contributed by atoms with E-state index in [0.29, 0.717) is 30.7 Å². The first-order chi connectivity index (χ1) is 9.22. The van der Waals surface area contributed by atoms with E-state index in [0.717, 1.165) is 0 Å². The van der Waals surface area contributed by atoms with Gasteiger partial charge in [0.15, 0.2) is 3.79 Å². The van der Waals surface area contributed by atoms with Gasteiger partial charge in [0.2, 0.25) is 10.0 Å². The zero-order chi connectivity index (χ0) is 15.2. The monoisotopic (exact) mass is 359 g/mol. The van der Waals surface area contributed by atoms with Crippen molar-refractivity contribution < 1.29 is 13.2 Å². The van der Waals surface area contributed by atoms with E-state index in [1.54, 1.807) is 24.3 Å². The molecule has 0 aliphatic carbocycles. The van der Waals surface area contributed by atoms with Gasteiger partial charge in [-0.1, -0.05) is 40.9 Å². The third-order valence-corrected chi connectivity index (χ3v) is 4.41. The molecule has 0 heterocycles. The lowest BCUT2D eigenvalue weighted by Crippen LogP contribution is -2.17. The summed E-state index contributed by atoms with van der Waals surface area (Å²) in [6.07, 6.45) is 1.27. The Hall–Kier alpha value is -0.360. The Morgan fingerprint density at radius 3 is 2.55 bits per heavy atom. The summed E-state index contributed by atoms with van der Waals surface area (Å²) < 4.78 is 29.9. The van der Waals surface area contributed by atoms with Gasteiger partial charge in [0.25, 0.3) is 0 Å². The molecule has 1 aromatic carbocycles. The highest BCUT2D eigenvalue weighted by Crippen LogP contribution is 2.31. The van der Waals surface area contributed by atoms with Crippen molar-refractivity contribution in [3.63, 3.8) is 0 Å². The van der Waals surface area contributed by atoms with Crippen LogP contribution in [0.15, 0.2) is 24.3 Å². The predicted molar refractivity (Wildman–Crippen MR) is 84.5 cm³/mol. The number of methoxy groups -OCH3 is 1. The second-order valence-corrected chi connectivity index (χ2v) is 8.58. The number of hydrogen-bond acceptors (Lipinski definition) is 3. The SMILES string of the molecule is COc1cccc(NS(=O)(=O)CCCCC(Cl)(Cl)Cl)c1. The summed E-state index contributed by atoms with van der Waals surface area (Å²) in [6, 6.07) is 6.71. The molecule has 8 heteroatoms. The summed E-state index contributed by atoms with van der Waals surface area (Å²) in [5.41, 5.74) is 0.464. The molecule has 114 valence electrons. The van der Waals surface area contributed by atoms with Gasteiger partial charge in [-0.2, -0.15) is 0 Å². The highest BCUT2D eigenvalue weighted by atomic mass is 35.6. The number of benzene rings is 1. The quantitative estimate of drug-likeness (QED) is 0.591. The molecule has 0 spiro atoms. The zero-order valence-corrected chi connectivity index (χ0v) is 14.0. The molecule has 0 saturated heterocycles. The van der Waals surface area contributed by atoms with Crippen molar-refractivity contribution in [1.82, 2.24) is 0 Å². The van der Waals surface area contributed by atoms with E-state index in [4.69, 9.17) is 39.5 Å². The van der Waals surface area contributed by atoms with E-state index in [9.17, 15) is 8.42 Å². The molecule has 0 amide bonds. The molecule has 0 atom stereocenters. The minimum atomic E-state index is -3.41. The van der Waals surface area contributed by atoms with Gasteiger partial charge in [-0.25, -0.2) is 8.42 Å². The van der Waals surface area contributed by atoms with E-state index in [2.05, 4.69) is 4.72 Å². The molecule has 0 aromatic heterocycles. The van der Waals surface area contributed by atoms with Gasteiger partial charge >= 0.3 is 0 Å². The van der Waals surface area contributed by atoms with Crippen LogP contribution in [0, 0.1) is 0 Å². The fraction of sp³-hybridized carbons (Fsp3) is 0.500. The second kappa shape index (κ2) is 7.59. The number of anilines is 1. The van der Waals surface area contributed by atoms with Crippen LogP contribution in [-0.4, -0.2) is 25.1 Å². The molecular weight excluding hydrogens is 345 g/mol. The summed E-state index contributed by atoms with van der Waals surface area (Å²) in [6.45, 7) is 0. The van der Waals surface area contributed by atoms with Gasteiger partial charge in [0, 0.05) is 6.07 Å². The summed E-state index contributed by atoms with van der Waals surface area (Å²) in [7, 11) is -1.89. The lowest BCUT2D eigenvalue weighted by molar-refractivity contribution is 0.415. The van der Waals surface area contributed by atoms with Gasteiger partial charge in [0.1, 0.15) is 5.75 Å². The third-order valence-electron chi connectivity index (χ3n) is 2.47. The summed E-state index contributed by atoms with van der Waals surface area (Å²) in [4.78, 5) is 0. The van der Waals surface area contributed by atoms with E-state index in [1.807, 2.05) is 0 Å². The van der Waals surface area contributed by atoms with Crippen molar-refractivity contribution in [3.05, 3.63) is 24.3 Å². The van der Waals surface area contributed by atoms with Crippen molar-refractivity contribution in [1.29, 1.82) is 0 Å². The number of alkyl halides is 3. The van der Waals surface area contributed by atoms with Crippen LogP contribution < -0.4 is 9.46 Å². The molecule has 0 aliphatic rings. The summed E-state index contributed by atoms with van der Waals surface area (Å²) >= 11 is 16.8. The van der Waals surface area contributed by atoms with Crippen LogP contribution in [0.25, 0.3) is 0 Å². The van der Waals surface area contributed by atoms with Crippen molar-refractivity contribution >= 4 is 50.5 Å². The first kappa shape index (κ1) is 17.7. The highest BCUT2D eigenvalue weighted by molar-refractivity contribution is 7.92. The largest absolute Gasteiger partial charge is 0.497 e. The Morgan fingerprint density at radius 1 is 1.25 bits per heavy atom. The number of ether oxygens (including phenoxy) is 1. The molecule has 0 unspecified atom stereocenters. The fourth-order valence-electron chi connectivity index (χ4n) is 1.53. The van der Waals surface area contributed by atoms with Crippen LogP contribution in [0.2, 0.25) is 0 Å². The topological polar surface area (TPSA) is 55.4 Å². The molecule has 1 aromatic rings. The molecule has 0 saturated carbocycles. The average Bonchev–Trinajstić information content (AvgIpc) is 2.33. The zero-order valence-electron chi connectivity index (χ0n) is 10.9. The first-order valence-electron chi connectivity index (χ1n) is 5.93. The van der Waals surface area contributed by atoms with Crippen molar-refractivity contribution in [2.75, 3.05) is 17.6 Å². The Morgan fingerprint density at radius 2 is 1.95 bits per heavy atom. The van der Waals surface area contributed by atoms with E-state index < -0.39 is 13.8 Å². The van der Waals surface area contributed by atoms with E-state index >= 15 is 0 Å². The van der Waals surface area contributed by atoms with Crippen LogP contribution in [0.1, 0.15) is 19.3 Å². The Bertz CT molecular complexity index is 529. The lowest BCUT2D eigenvalue weighted by Gasteiger charge is -2.11. The Kier molecular flexibility index (Phi) is 6.72. The maximum atomic E-state index is 11.9. The molecule has 0 bridgehead atoms. The van der Waals surface area contributed by atoms with Crippen molar-refractivity contribution in [3.8, 4) is 5.75 Å². The fourth-order valence-corrected chi connectivity index (χ4v) is 3.11. The molecule has 0 fully saturated rings. The maximum absolute atomic E-state index is 11.9. The molecule has 0 radical (unpaired) electrons. The number of unbranched alkanes of at least 4 members (excludes halogenated alkanes) is 1. The number of rotatable bonds is 7. The average molecular weight is 361 g/mol. The van der Waals surface area contributed by atoms with E-state index in [-0.39, 0.29) is 5.75 Å². The number of hydrogen-bond donors (Lipinski definition) is 1. The van der Waals surface area contributed by atoms with Gasteiger partial charge in [-0.05, 0) is 31.4 Å². The van der Waals surface area contributed by atoms with Crippen LogP contribution in [-0.2, 0) is 10.0 Å². The minimum Gasteiger partial charge on any atom is -0.497 e. The van der Waals surface area contributed by atoms with Gasteiger partial charge < -0.3 is 4.74 Å². The molecule has 1 rings (SSSR count).